The lowest BCUT2D eigenvalue weighted by molar-refractivity contribution is -0.500. The van der Waals surface area contributed by atoms with Crippen LogP contribution in [-0.2, 0) is 0 Å². The third-order valence-corrected chi connectivity index (χ3v) is 1.92. The number of benzene rings is 1. The second kappa shape index (κ2) is 1.91. The molecule has 0 unspecified atom stereocenters. The van der Waals surface area contributed by atoms with Gasteiger partial charge in [-0.2, -0.15) is 4.12 Å². The van der Waals surface area contributed by atoms with Gasteiger partial charge in [-0.05, 0) is 12.1 Å². The Morgan fingerprint density at radius 2 is 2.20 bits per heavy atom. The Morgan fingerprint density at radius 3 is 3.00 bits per heavy atom. The summed E-state index contributed by atoms with van der Waals surface area (Å²) in [6, 6.07) is 7.26. The summed E-state index contributed by atoms with van der Waals surface area (Å²) in [5.41, 5.74) is 1.41. The summed E-state index contributed by atoms with van der Waals surface area (Å²) >= 11 is 0.929. The van der Waals surface area contributed by atoms with Crippen molar-refractivity contribution in [1.82, 2.24) is 4.37 Å². The standard InChI is InChI=1S/C6H4N2OS/c9-8-6-4-2-1-3-5(6)7-10-8/h1-4H. The minimum Gasteiger partial charge on any atom is -0.700 e. The second-order valence-electron chi connectivity index (χ2n) is 1.92. The first-order valence-electron chi connectivity index (χ1n) is 2.82. The zero-order chi connectivity index (χ0) is 6.97. The van der Waals surface area contributed by atoms with Gasteiger partial charge in [0.1, 0.15) is 0 Å². The Labute approximate surface area is 61.4 Å². The predicted octanol–water partition coefficient (Wildman–Crippen LogP) is 0.930. The van der Waals surface area contributed by atoms with E-state index < -0.39 is 0 Å². The smallest absolute Gasteiger partial charge is 0.281 e. The van der Waals surface area contributed by atoms with Gasteiger partial charge in [0.05, 0.1) is 0 Å². The quantitative estimate of drug-likeness (QED) is 0.416. The van der Waals surface area contributed by atoms with Crippen molar-refractivity contribution in [2.75, 3.05) is 0 Å². The molecule has 0 aliphatic carbocycles. The van der Waals surface area contributed by atoms with E-state index in [1.807, 2.05) is 18.2 Å². The van der Waals surface area contributed by atoms with Gasteiger partial charge in [-0.25, -0.2) is 0 Å². The van der Waals surface area contributed by atoms with E-state index in [-0.39, 0.29) is 0 Å². The molecular formula is C6H4N2OS. The number of fused-ring (bicyclic) bond motifs is 1. The zero-order valence-corrected chi connectivity index (χ0v) is 5.84. The average molecular weight is 152 g/mol. The molecule has 50 valence electrons. The van der Waals surface area contributed by atoms with Gasteiger partial charge in [-0.3, -0.25) is 0 Å². The lowest BCUT2D eigenvalue weighted by Gasteiger charge is -1.89. The normalized spacial score (nSPS) is 10.4. The fourth-order valence-corrected chi connectivity index (χ4v) is 1.38. The molecule has 0 saturated carbocycles. The SMILES string of the molecule is [O-][n+]1snc2ccccc21. The number of hydrogen-bond donors (Lipinski definition) is 0. The summed E-state index contributed by atoms with van der Waals surface area (Å²) in [5, 5.41) is 10.9. The first kappa shape index (κ1) is 5.61. The van der Waals surface area contributed by atoms with Crippen molar-refractivity contribution < 1.29 is 4.12 Å². The molecule has 0 aliphatic heterocycles. The minimum absolute atomic E-state index is 0.646. The summed E-state index contributed by atoms with van der Waals surface area (Å²) in [5.74, 6) is 0. The average Bonchev–Trinajstić information content (AvgIpc) is 2.34. The van der Waals surface area contributed by atoms with E-state index in [9.17, 15) is 5.21 Å². The Kier molecular flexibility index (Phi) is 1.07. The van der Waals surface area contributed by atoms with Crippen LogP contribution in [0.25, 0.3) is 11.0 Å². The van der Waals surface area contributed by atoms with E-state index in [1.54, 1.807) is 6.07 Å². The highest BCUT2D eigenvalue weighted by Gasteiger charge is 2.05. The summed E-state index contributed by atoms with van der Waals surface area (Å²) < 4.78 is 4.71. The van der Waals surface area contributed by atoms with Gasteiger partial charge >= 0.3 is 0 Å². The molecule has 0 bridgehead atoms. The van der Waals surface area contributed by atoms with Crippen molar-refractivity contribution in [2.24, 2.45) is 0 Å². The van der Waals surface area contributed by atoms with E-state index in [4.69, 9.17) is 0 Å². The van der Waals surface area contributed by atoms with Crippen molar-refractivity contribution >= 4 is 22.8 Å². The van der Waals surface area contributed by atoms with Gasteiger partial charge in [0.2, 0.25) is 5.52 Å². The number of rotatable bonds is 0. The first-order chi connectivity index (χ1) is 4.88. The molecule has 0 saturated heterocycles. The lowest BCUT2D eigenvalue weighted by Crippen LogP contribution is -2.18. The van der Waals surface area contributed by atoms with E-state index in [1.165, 1.54) is 0 Å². The van der Waals surface area contributed by atoms with Crippen LogP contribution in [0, 0.1) is 5.21 Å². The fraction of sp³-hybridized carbons (Fsp3) is 0. The van der Waals surface area contributed by atoms with Crippen LogP contribution in [-0.4, -0.2) is 4.37 Å². The van der Waals surface area contributed by atoms with E-state index in [0.29, 0.717) is 5.52 Å². The summed E-state index contributed by atoms with van der Waals surface area (Å²) in [7, 11) is 0. The van der Waals surface area contributed by atoms with Crippen LogP contribution in [0.15, 0.2) is 24.3 Å². The molecule has 3 nitrogen and oxygen atoms in total. The van der Waals surface area contributed by atoms with Gasteiger partial charge in [0.15, 0.2) is 5.52 Å². The van der Waals surface area contributed by atoms with Gasteiger partial charge < -0.3 is 5.21 Å². The summed E-state index contributed by atoms with van der Waals surface area (Å²) in [6.45, 7) is 0. The molecule has 10 heavy (non-hydrogen) atoms. The molecule has 4 heteroatoms. The molecule has 0 atom stereocenters. The third-order valence-electron chi connectivity index (χ3n) is 1.29. The topological polar surface area (TPSA) is 39.8 Å². The zero-order valence-electron chi connectivity index (χ0n) is 5.02. The Bertz CT molecular complexity index is 357. The third kappa shape index (κ3) is 0.657. The molecule has 2 rings (SSSR count). The number of hydrogen-bond acceptors (Lipinski definition) is 3. The summed E-state index contributed by atoms with van der Waals surface area (Å²) in [4.78, 5) is 0. The van der Waals surface area contributed by atoms with Gasteiger partial charge in [-0.15, -0.1) is 0 Å². The highest BCUT2D eigenvalue weighted by atomic mass is 32.1. The largest absolute Gasteiger partial charge is 0.700 e. The van der Waals surface area contributed by atoms with Crippen LogP contribution in [0.3, 0.4) is 0 Å². The van der Waals surface area contributed by atoms with Crippen molar-refractivity contribution in [2.45, 2.75) is 0 Å². The maximum atomic E-state index is 10.9. The van der Waals surface area contributed by atoms with Crippen LogP contribution >= 0.6 is 11.7 Å². The first-order valence-corrected chi connectivity index (χ1v) is 3.55. The van der Waals surface area contributed by atoms with Crippen LogP contribution < -0.4 is 4.12 Å². The fourth-order valence-electron chi connectivity index (χ4n) is 0.821. The maximum absolute atomic E-state index is 10.9. The monoisotopic (exact) mass is 152 g/mol. The van der Waals surface area contributed by atoms with Crippen molar-refractivity contribution in [3.63, 3.8) is 0 Å². The van der Waals surface area contributed by atoms with Crippen molar-refractivity contribution in [1.29, 1.82) is 0 Å². The molecule has 0 amide bonds. The number of nitrogens with zero attached hydrogens (tertiary/aromatic N) is 2. The second-order valence-corrected chi connectivity index (χ2v) is 2.60. The molecule has 0 fully saturated rings. The highest BCUT2D eigenvalue weighted by Crippen LogP contribution is 2.06. The predicted molar refractivity (Wildman–Crippen MR) is 38.6 cm³/mol. The number of aromatic nitrogens is 2. The highest BCUT2D eigenvalue weighted by molar-refractivity contribution is 6.95. The molecule has 0 spiro atoms. The molecule has 0 N–H and O–H groups in total. The molecule has 1 heterocycles. The molecule has 1 aromatic carbocycles. The summed E-state index contributed by atoms with van der Waals surface area (Å²) in [6.07, 6.45) is 0. The molecule has 1 aromatic heterocycles. The maximum Gasteiger partial charge on any atom is 0.281 e. The number of para-hydroxylation sites is 1. The molecule has 2 aromatic rings. The van der Waals surface area contributed by atoms with E-state index >= 15 is 0 Å². The van der Waals surface area contributed by atoms with Crippen molar-refractivity contribution in [3.05, 3.63) is 29.5 Å². The minimum atomic E-state index is 0.646. The van der Waals surface area contributed by atoms with Crippen LogP contribution in [0.1, 0.15) is 0 Å². The molecular weight excluding hydrogens is 148 g/mol. The molecule has 0 aliphatic rings. The lowest BCUT2D eigenvalue weighted by atomic mass is 10.3. The van der Waals surface area contributed by atoms with Crippen LogP contribution in [0.4, 0.5) is 0 Å². The van der Waals surface area contributed by atoms with Gasteiger partial charge in [0, 0.05) is 4.37 Å². The van der Waals surface area contributed by atoms with Gasteiger partial charge in [-0.1, -0.05) is 12.1 Å². The van der Waals surface area contributed by atoms with Gasteiger partial charge in [0.25, 0.3) is 11.7 Å². The Morgan fingerprint density at radius 1 is 1.40 bits per heavy atom. The van der Waals surface area contributed by atoms with Crippen LogP contribution in [0.2, 0.25) is 0 Å². The van der Waals surface area contributed by atoms with E-state index in [2.05, 4.69) is 4.37 Å². The Balaban J connectivity index is 2.93. The van der Waals surface area contributed by atoms with Crippen LogP contribution in [0.5, 0.6) is 0 Å². The molecule has 0 radical (unpaired) electrons. The van der Waals surface area contributed by atoms with E-state index in [0.717, 1.165) is 21.4 Å². The Hall–Kier alpha value is -1.16. The van der Waals surface area contributed by atoms with Crippen molar-refractivity contribution in [3.8, 4) is 0 Å².